The first-order valence-corrected chi connectivity index (χ1v) is 7.38. The number of carbonyl (C=O) groups is 1. The molecule has 1 N–H and O–H groups in total. The molecule has 0 radical (unpaired) electrons. The number of aryl methyl sites for hydroxylation is 2. The van der Waals surface area contributed by atoms with Crippen LogP contribution in [0.1, 0.15) is 21.6 Å². The van der Waals surface area contributed by atoms with Crippen LogP contribution < -0.4 is 9.84 Å². The lowest BCUT2D eigenvalue weighted by atomic mass is 9.99. The van der Waals surface area contributed by atoms with Crippen LogP contribution in [-0.4, -0.2) is 17.6 Å². The van der Waals surface area contributed by atoms with E-state index in [0.717, 1.165) is 38.3 Å². The SMILES string of the molecule is Cc1cc(C)c2c(c1OCC(=O)[O-])Cc1sc(=S)[nH]c1-2. The summed E-state index contributed by atoms with van der Waals surface area (Å²) < 4.78 is 6.19. The van der Waals surface area contributed by atoms with Crippen molar-refractivity contribution in [3.63, 3.8) is 0 Å². The number of hydrogen-bond donors (Lipinski definition) is 1. The van der Waals surface area contributed by atoms with E-state index in [1.165, 1.54) is 4.88 Å². The third kappa shape index (κ3) is 2.05. The Kier molecular flexibility index (Phi) is 3.14. The van der Waals surface area contributed by atoms with Gasteiger partial charge in [0.15, 0.2) is 3.95 Å². The van der Waals surface area contributed by atoms with Crippen LogP contribution in [0.2, 0.25) is 0 Å². The number of aromatic amines is 1. The molecule has 1 aromatic heterocycles. The van der Waals surface area contributed by atoms with Crippen LogP contribution in [0.25, 0.3) is 11.3 Å². The van der Waals surface area contributed by atoms with Gasteiger partial charge in [-0.1, -0.05) is 6.07 Å². The largest absolute Gasteiger partial charge is 0.546 e. The van der Waals surface area contributed by atoms with E-state index in [1.807, 2.05) is 19.9 Å². The molecule has 0 amide bonds. The summed E-state index contributed by atoms with van der Waals surface area (Å²) in [7, 11) is 0. The Balaban J connectivity index is 2.15. The third-order valence-electron chi connectivity index (χ3n) is 3.40. The zero-order valence-electron chi connectivity index (χ0n) is 11.0. The minimum absolute atomic E-state index is 0.431. The second kappa shape index (κ2) is 4.71. The summed E-state index contributed by atoms with van der Waals surface area (Å²) in [6, 6.07) is 2.01. The second-order valence-corrected chi connectivity index (χ2v) is 6.62. The molecule has 0 saturated heterocycles. The summed E-state index contributed by atoms with van der Waals surface area (Å²) >= 11 is 6.74. The van der Waals surface area contributed by atoms with Crippen LogP contribution in [0.15, 0.2) is 6.07 Å². The Bertz CT molecular complexity index is 773. The van der Waals surface area contributed by atoms with Crippen LogP contribution >= 0.6 is 23.6 Å². The lowest BCUT2D eigenvalue weighted by molar-refractivity contribution is -0.307. The molecule has 1 aliphatic rings. The molecular weight excluding hydrogens is 294 g/mol. The van der Waals surface area contributed by atoms with E-state index in [0.29, 0.717) is 5.75 Å². The molecule has 6 heteroatoms. The summed E-state index contributed by atoms with van der Waals surface area (Å²) in [5.41, 5.74) is 5.26. The van der Waals surface area contributed by atoms with Crippen molar-refractivity contribution in [2.24, 2.45) is 0 Å². The number of aliphatic carboxylic acids is 1. The Morgan fingerprint density at radius 1 is 1.50 bits per heavy atom. The van der Waals surface area contributed by atoms with Gasteiger partial charge in [-0.2, -0.15) is 0 Å². The number of carboxylic acid groups (broad SMARTS) is 1. The fourth-order valence-corrected chi connectivity index (χ4v) is 4.00. The first-order valence-electron chi connectivity index (χ1n) is 6.15. The highest BCUT2D eigenvalue weighted by Crippen LogP contribution is 2.45. The van der Waals surface area contributed by atoms with E-state index < -0.39 is 12.6 Å². The quantitative estimate of drug-likeness (QED) is 0.753. The van der Waals surface area contributed by atoms with E-state index in [4.69, 9.17) is 17.0 Å². The zero-order chi connectivity index (χ0) is 14.4. The van der Waals surface area contributed by atoms with Crippen LogP contribution in [0, 0.1) is 17.8 Å². The second-order valence-electron chi connectivity index (χ2n) is 4.84. The normalized spacial score (nSPS) is 12.1. The molecular formula is C14H12NO3S2-. The predicted octanol–water partition coefficient (Wildman–Crippen LogP) is 2.12. The van der Waals surface area contributed by atoms with E-state index in [9.17, 15) is 9.90 Å². The van der Waals surface area contributed by atoms with Gasteiger partial charge < -0.3 is 19.6 Å². The van der Waals surface area contributed by atoms with Gasteiger partial charge >= 0.3 is 0 Å². The monoisotopic (exact) mass is 306 g/mol. The molecule has 0 bridgehead atoms. The number of benzene rings is 1. The van der Waals surface area contributed by atoms with Crippen LogP contribution in [0.5, 0.6) is 5.75 Å². The van der Waals surface area contributed by atoms with Crippen molar-refractivity contribution >= 4 is 29.5 Å². The van der Waals surface area contributed by atoms with Crippen molar-refractivity contribution in [1.82, 2.24) is 4.98 Å². The van der Waals surface area contributed by atoms with Crippen LogP contribution in [0.3, 0.4) is 0 Å². The topological polar surface area (TPSA) is 65.2 Å². The summed E-state index contributed by atoms with van der Waals surface area (Å²) in [6.07, 6.45) is 0.730. The number of thiazole rings is 1. The molecule has 20 heavy (non-hydrogen) atoms. The molecule has 0 atom stereocenters. The maximum Gasteiger partial charge on any atom is 0.159 e. The lowest BCUT2D eigenvalue weighted by Gasteiger charge is -2.16. The van der Waals surface area contributed by atoms with E-state index in [1.54, 1.807) is 11.3 Å². The van der Waals surface area contributed by atoms with Gasteiger partial charge in [-0.25, -0.2) is 0 Å². The Labute approximate surface area is 125 Å². The van der Waals surface area contributed by atoms with Gasteiger partial charge in [-0.05, 0) is 37.2 Å². The number of carboxylic acids is 1. The molecule has 4 nitrogen and oxygen atoms in total. The van der Waals surface area contributed by atoms with Crippen LogP contribution in [0.4, 0.5) is 0 Å². The number of fused-ring (bicyclic) bond motifs is 3. The van der Waals surface area contributed by atoms with E-state index in [2.05, 4.69) is 4.98 Å². The third-order valence-corrected chi connectivity index (χ3v) is 4.64. The van der Waals surface area contributed by atoms with E-state index >= 15 is 0 Å². The van der Waals surface area contributed by atoms with Gasteiger partial charge in [0.2, 0.25) is 0 Å². The molecule has 0 fully saturated rings. The molecule has 1 aromatic carbocycles. The minimum Gasteiger partial charge on any atom is -0.546 e. The fourth-order valence-electron chi connectivity index (χ4n) is 2.75. The summed E-state index contributed by atoms with van der Waals surface area (Å²) in [5.74, 6) is -0.566. The Morgan fingerprint density at radius 3 is 2.95 bits per heavy atom. The Hall–Kier alpha value is -1.66. The molecule has 1 aliphatic carbocycles. The predicted molar refractivity (Wildman–Crippen MR) is 77.7 cm³/mol. The highest BCUT2D eigenvalue weighted by atomic mass is 32.1. The number of carbonyl (C=O) groups excluding carboxylic acids is 1. The summed E-state index contributed by atoms with van der Waals surface area (Å²) in [6.45, 7) is 3.53. The average molecular weight is 306 g/mol. The maximum atomic E-state index is 10.6. The number of H-pyrrole nitrogens is 1. The van der Waals surface area contributed by atoms with Crippen molar-refractivity contribution in [3.8, 4) is 17.0 Å². The highest BCUT2D eigenvalue weighted by Gasteiger charge is 2.27. The molecule has 1 heterocycles. The molecule has 0 unspecified atom stereocenters. The molecule has 104 valence electrons. The van der Waals surface area contributed by atoms with Crippen molar-refractivity contribution in [2.45, 2.75) is 20.3 Å². The summed E-state index contributed by atoms with van der Waals surface area (Å²) in [4.78, 5) is 15.0. The summed E-state index contributed by atoms with van der Waals surface area (Å²) in [5, 5.41) is 10.6. The van der Waals surface area contributed by atoms with Gasteiger partial charge in [0, 0.05) is 22.4 Å². The Morgan fingerprint density at radius 2 is 2.25 bits per heavy atom. The lowest BCUT2D eigenvalue weighted by Crippen LogP contribution is -2.29. The number of ether oxygens (including phenoxy) is 1. The molecule has 3 rings (SSSR count). The smallest absolute Gasteiger partial charge is 0.159 e. The number of nitrogens with one attached hydrogen (secondary N) is 1. The highest BCUT2D eigenvalue weighted by molar-refractivity contribution is 7.73. The first-order chi connectivity index (χ1) is 9.47. The van der Waals surface area contributed by atoms with Gasteiger partial charge in [0.05, 0.1) is 11.7 Å². The molecule has 2 aromatic rings. The molecule has 0 aliphatic heterocycles. The van der Waals surface area contributed by atoms with Crippen molar-refractivity contribution < 1.29 is 14.6 Å². The average Bonchev–Trinajstić information content (AvgIpc) is 2.83. The number of rotatable bonds is 3. The number of aromatic nitrogens is 1. The van der Waals surface area contributed by atoms with Gasteiger partial charge in [-0.3, -0.25) is 0 Å². The first kappa shape index (κ1) is 13.3. The molecule has 0 spiro atoms. The standard InChI is InChI=1S/C14H13NO3S2/c1-6-3-7(2)13(18-5-10(16)17)8-4-9-12(11(6)8)15-14(19)20-9/h3H,4-5H2,1-2H3,(H,15,19)(H,16,17)/p-1. The van der Waals surface area contributed by atoms with Crippen molar-refractivity contribution in [3.05, 3.63) is 31.6 Å². The van der Waals surface area contributed by atoms with Crippen LogP contribution in [-0.2, 0) is 11.2 Å². The van der Waals surface area contributed by atoms with Gasteiger partial charge in [-0.15, -0.1) is 11.3 Å². The zero-order valence-corrected chi connectivity index (χ0v) is 12.7. The number of hydrogen-bond acceptors (Lipinski definition) is 5. The molecule has 0 saturated carbocycles. The van der Waals surface area contributed by atoms with Gasteiger partial charge in [0.25, 0.3) is 0 Å². The fraction of sp³-hybridized carbons (Fsp3) is 0.286. The minimum atomic E-state index is -1.22. The van der Waals surface area contributed by atoms with Crippen molar-refractivity contribution in [1.29, 1.82) is 0 Å². The van der Waals surface area contributed by atoms with Crippen molar-refractivity contribution in [2.75, 3.05) is 6.61 Å². The maximum absolute atomic E-state index is 10.6. The van der Waals surface area contributed by atoms with Gasteiger partial charge in [0.1, 0.15) is 12.4 Å². The van der Waals surface area contributed by atoms with E-state index in [-0.39, 0.29) is 0 Å².